The highest BCUT2D eigenvalue weighted by atomic mass is 35.5. The molecule has 0 aliphatic carbocycles. The molecule has 0 aliphatic rings. The molecule has 20 heavy (non-hydrogen) atoms. The smallest absolute Gasteiger partial charge is 0.147 e. The SMILES string of the molecule is Cc1nn(C)c(CC(=O)C(CN)c2ccccc2)c1Cl. The molecule has 1 aromatic heterocycles. The van der Waals surface area contributed by atoms with Crippen LogP contribution in [0.15, 0.2) is 30.3 Å². The Labute approximate surface area is 123 Å². The molecule has 0 bridgehead atoms. The number of rotatable bonds is 5. The first-order valence-corrected chi connectivity index (χ1v) is 6.88. The monoisotopic (exact) mass is 291 g/mol. The van der Waals surface area contributed by atoms with Gasteiger partial charge in [-0.3, -0.25) is 9.48 Å². The van der Waals surface area contributed by atoms with Crippen molar-refractivity contribution < 1.29 is 4.79 Å². The normalized spacial score (nSPS) is 12.4. The molecule has 1 aromatic carbocycles. The molecule has 1 heterocycles. The van der Waals surface area contributed by atoms with Crippen molar-refractivity contribution in [1.82, 2.24) is 9.78 Å². The van der Waals surface area contributed by atoms with Crippen molar-refractivity contribution in [3.8, 4) is 0 Å². The third kappa shape index (κ3) is 2.92. The van der Waals surface area contributed by atoms with E-state index in [1.165, 1.54) is 0 Å². The number of nitrogens with two attached hydrogens (primary N) is 1. The molecule has 5 heteroatoms. The van der Waals surface area contributed by atoms with Gasteiger partial charge < -0.3 is 5.73 Å². The van der Waals surface area contributed by atoms with Crippen LogP contribution in [0.1, 0.15) is 22.9 Å². The lowest BCUT2D eigenvalue weighted by Gasteiger charge is -2.14. The largest absolute Gasteiger partial charge is 0.329 e. The van der Waals surface area contributed by atoms with Crippen molar-refractivity contribution in [3.05, 3.63) is 52.3 Å². The topological polar surface area (TPSA) is 60.9 Å². The van der Waals surface area contributed by atoms with E-state index in [1.807, 2.05) is 37.3 Å². The van der Waals surface area contributed by atoms with Crippen molar-refractivity contribution in [2.24, 2.45) is 12.8 Å². The Kier molecular flexibility index (Phi) is 4.57. The maximum atomic E-state index is 12.5. The number of aryl methyl sites for hydroxylation is 2. The van der Waals surface area contributed by atoms with E-state index in [4.69, 9.17) is 17.3 Å². The Balaban J connectivity index is 2.22. The Morgan fingerprint density at radius 3 is 2.55 bits per heavy atom. The van der Waals surface area contributed by atoms with E-state index in [-0.39, 0.29) is 24.7 Å². The molecule has 106 valence electrons. The number of hydrogen-bond acceptors (Lipinski definition) is 3. The van der Waals surface area contributed by atoms with Crippen LogP contribution in [0.25, 0.3) is 0 Å². The molecule has 0 radical (unpaired) electrons. The van der Waals surface area contributed by atoms with E-state index in [0.717, 1.165) is 17.0 Å². The molecule has 0 amide bonds. The van der Waals surface area contributed by atoms with E-state index in [1.54, 1.807) is 11.7 Å². The highest BCUT2D eigenvalue weighted by Gasteiger charge is 2.22. The van der Waals surface area contributed by atoms with Gasteiger partial charge in [-0.1, -0.05) is 41.9 Å². The summed E-state index contributed by atoms with van der Waals surface area (Å²) in [5.74, 6) is -0.244. The highest BCUT2D eigenvalue weighted by Crippen LogP contribution is 2.23. The Morgan fingerprint density at radius 1 is 1.40 bits per heavy atom. The van der Waals surface area contributed by atoms with Crippen molar-refractivity contribution in [1.29, 1.82) is 0 Å². The van der Waals surface area contributed by atoms with Crippen molar-refractivity contribution in [2.45, 2.75) is 19.3 Å². The van der Waals surface area contributed by atoms with Crippen LogP contribution in [0.2, 0.25) is 5.02 Å². The fourth-order valence-corrected chi connectivity index (χ4v) is 2.53. The number of benzene rings is 1. The number of nitrogens with zero attached hydrogens (tertiary/aromatic N) is 2. The predicted molar refractivity (Wildman–Crippen MR) is 79.9 cm³/mol. The van der Waals surface area contributed by atoms with Gasteiger partial charge >= 0.3 is 0 Å². The van der Waals surface area contributed by atoms with Crippen LogP contribution in [0.5, 0.6) is 0 Å². The quantitative estimate of drug-likeness (QED) is 0.919. The highest BCUT2D eigenvalue weighted by molar-refractivity contribution is 6.32. The zero-order valence-electron chi connectivity index (χ0n) is 11.6. The lowest BCUT2D eigenvalue weighted by molar-refractivity contribution is -0.119. The Morgan fingerprint density at radius 2 is 2.05 bits per heavy atom. The number of carbonyl (C=O) groups excluding carboxylic acids is 1. The summed E-state index contributed by atoms with van der Waals surface area (Å²) in [4.78, 5) is 12.5. The van der Waals surface area contributed by atoms with Crippen LogP contribution in [-0.2, 0) is 18.3 Å². The summed E-state index contributed by atoms with van der Waals surface area (Å²) in [5, 5.41) is 4.78. The molecular weight excluding hydrogens is 274 g/mol. The second-order valence-corrected chi connectivity index (χ2v) is 5.19. The summed E-state index contributed by atoms with van der Waals surface area (Å²) in [6.45, 7) is 2.12. The van der Waals surface area contributed by atoms with Crippen LogP contribution in [0.3, 0.4) is 0 Å². The molecular formula is C15H18ClN3O. The summed E-state index contributed by atoms with van der Waals surface area (Å²) in [6, 6.07) is 9.58. The molecule has 2 rings (SSSR count). The second-order valence-electron chi connectivity index (χ2n) is 4.81. The fraction of sp³-hybridized carbons (Fsp3) is 0.333. The van der Waals surface area contributed by atoms with Crippen LogP contribution in [0.4, 0.5) is 0 Å². The zero-order chi connectivity index (χ0) is 14.7. The minimum absolute atomic E-state index is 0.0589. The minimum Gasteiger partial charge on any atom is -0.329 e. The third-order valence-corrected chi connectivity index (χ3v) is 3.92. The molecule has 1 unspecified atom stereocenters. The average Bonchev–Trinajstić information content (AvgIpc) is 2.67. The standard InChI is InChI=1S/C15H18ClN3O/c1-10-15(16)13(19(2)18-10)8-14(20)12(9-17)11-6-4-3-5-7-11/h3-7,12H,8-9,17H2,1-2H3. The molecule has 0 saturated carbocycles. The van der Waals surface area contributed by atoms with Gasteiger partial charge in [-0.25, -0.2) is 0 Å². The maximum absolute atomic E-state index is 12.5. The number of ketones is 1. The molecule has 0 spiro atoms. The van der Waals surface area contributed by atoms with Gasteiger partial charge in [-0.2, -0.15) is 5.10 Å². The molecule has 0 aliphatic heterocycles. The van der Waals surface area contributed by atoms with Gasteiger partial charge in [-0.15, -0.1) is 0 Å². The third-order valence-electron chi connectivity index (χ3n) is 3.43. The molecule has 0 saturated heterocycles. The van der Waals surface area contributed by atoms with Gasteiger partial charge in [0.25, 0.3) is 0 Å². The molecule has 0 fully saturated rings. The van der Waals surface area contributed by atoms with Crippen LogP contribution in [-0.4, -0.2) is 22.1 Å². The molecule has 2 N–H and O–H groups in total. The second kappa shape index (κ2) is 6.20. The first-order valence-electron chi connectivity index (χ1n) is 6.50. The first-order chi connectivity index (χ1) is 9.54. The lowest BCUT2D eigenvalue weighted by Crippen LogP contribution is -2.24. The van der Waals surface area contributed by atoms with Gasteiger partial charge in [0.05, 0.1) is 28.7 Å². The summed E-state index contributed by atoms with van der Waals surface area (Å²) >= 11 is 6.19. The summed E-state index contributed by atoms with van der Waals surface area (Å²) in [6.07, 6.45) is 0.243. The predicted octanol–water partition coefficient (Wildman–Crippen LogP) is 2.24. The number of halogens is 1. The van der Waals surface area contributed by atoms with Gasteiger partial charge in [0.2, 0.25) is 0 Å². The van der Waals surface area contributed by atoms with Crippen LogP contribution in [0, 0.1) is 6.92 Å². The molecule has 4 nitrogen and oxygen atoms in total. The number of Topliss-reactive ketones (excluding diaryl/α,β-unsaturated/α-hetero) is 1. The van der Waals surface area contributed by atoms with Crippen molar-refractivity contribution in [2.75, 3.05) is 6.54 Å². The van der Waals surface area contributed by atoms with Crippen molar-refractivity contribution in [3.63, 3.8) is 0 Å². The van der Waals surface area contributed by atoms with E-state index in [9.17, 15) is 4.79 Å². The van der Waals surface area contributed by atoms with E-state index in [2.05, 4.69) is 5.10 Å². The van der Waals surface area contributed by atoms with E-state index >= 15 is 0 Å². The summed E-state index contributed by atoms with van der Waals surface area (Å²) in [5.41, 5.74) is 8.18. The van der Waals surface area contributed by atoms with Crippen LogP contribution >= 0.6 is 11.6 Å². The lowest BCUT2D eigenvalue weighted by atomic mass is 9.92. The number of aromatic nitrogens is 2. The first kappa shape index (κ1) is 14.8. The Bertz CT molecular complexity index is 607. The minimum atomic E-state index is -0.303. The van der Waals surface area contributed by atoms with E-state index in [0.29, 0.717) is 5.02 Å². The molecule has 2 aromatic rings. The van der Waals surface area contributed by atoms with Crippen LogP contribution < -0.4 is 5.73 Å². The summed E-state index contributed by atoms with van der Waals surface area (Å²) in [7, 11) is 1.79. The average molecular weight is 292 g/mol. The fourth-order valence-electron chi connectivity index (χ4n) is 2.30. The van der Waals surface area contributed by atoms with Crippen molar-refractivity contribution >= 4 is 17.4 Å². The van der Waals surface area contributed by atoms with Gasteiger partial charge in [-0.05, 0) is 12.5 Å². The Hall–Kier alpha value is -1.65. The van der Waals surface area contributed by atoms with E-state index < -0.39 is 0 Å². The van der Waals surface area contributed by atoms with Gasteiger partial charge in [0, 0.05) is 13.6 Å². The van der Waals surface area contributed by atoms with Gasteiger partial charge in [0.15, 0.2) is 0 Å². The number of carbonyl (C=O) groups is 1. The number of hydrogen-bond donors (Lipinski definition) is 1. The summed E-state index contributed by atoms with van der Waals surface area (Å²) < 4.78 is 1.66. The maximum Gasteiger partial charge on any atom is 0.147 e. The van der Waals surface area contributed by atoms with Gasteiger partial charge in [0.1, 0.15) is 5.78 Å². The molecule has 1 atom stereocenters. The zero-order valence-corrected chi connectivity index (χ0v) is 12.4.